The molecule has 1 aromatic carbocycles. The van der Waals surface area contributed by atoms with Gasteiger partial charge in [-0.2, -0.15) is 5.10 Å². The van der Waals surface area contributed by atoms with Gasteiger partial charge < -0.3 is 0 Å². The molecule has 0 aliphatic rings. The second-order valence-corrected chi connectivity index (χ2v) is 5.08. The number of imidazole rings is 1. The number of benzene rings is 1. The molecular weight excluding hydrogens is 283 g/mol. The van der Waals surface area contributed by atoms with E-state index in [0.717, 1.165) is 33.1 Å². The van der Waals surface area contributed by atoms with E-state index in [1.807, 2.05) is 36.9 Å². The van der Waals surface area contributed by atoms with Gasteiger partial charge in [0.25, 0.3) is 0 Å². The summed E-state index contributed by atoms with van der Waals surface area (Å²) in [5, 5.41) is 4.92. The van der Waals surface area contributed by atoms with E-state index in [-0.39, 0.29) is 0 Å². The zero-order valence-electron chi connectivity index (χ0n) is 10.6. The maximum absolute atomic E-state index is 6.21. The second kappa shape index (κ2) is 4.54. The van der Waals surface area contributed by atoms with Crippen LogP contribution >= 0.6 is 23.2 Å². The molecule has 0 unspecified atom stereocenters. The van der Waals surface area contributed by atoms with Crippen molar-refractivity contribution in [3.63, 3.8) is 0 Å². The lowest BCUT2D eigenvalue weighted by atomic mass is 10.2. The third-order valence-corrected chi connectivity index (χ3v) is 3.79. The maximum atomic E-state index is 6.21. The summed E-state index contributed by atoms with van der Waals surface area (Å²) in [6.45, 7) is 1.98. The molecule has 3 rings (SSSR count). The van der Waals surface area contributed by atoms with Crippen LogP contribution in [-0.2, 0) is 12.9 Å². The summed E-state index contributed by atoms with van der Waals surface area (Å²) in [6, 6.07) is 3.77. The summed E-state index contributed by atoms with van der Waals surface area (Å²) >= 11 is 12.2. The average molecular weight is 295 g/mol. The molecule has 0 aliphatic heterocycles. The molecule has 0 N–H and O–H groups in total. The van der Waals surface area contributed by atoms with Gasteiger partial charge in [0.05, 0.1) is 28.8 Å². The number of hydrogen-bond donors (Lipinski definition) is 0. The van der Waals surface area contributed by atoms with Crippen LogP contribution in [0.2, 0.25) is 5.02 Å². The van der Waals surface area contributed by atoms with Crippen molar-refractivity contribution in [2.75, 3.05) is 0 Å². The smallest absolute Gasteiger partial charge is 0.129 e. The molecule has 98 valence electrons. The van der Waals surface area contributed by atoms with Gasteiger partial charge in [-0.3, -0.25) is 9.25 Å². The fourth-order valence-electron chi connectivity index (χ4n) is 2.24. The monoisotopic (exact) mass is 294 g/mol. The number of rotatable bonds is 2. The van der Waals surface area contributed by atoms with Crippen LogP contribution < -0.4 is 0 Å². The minimum Gasteiger partial charge on any atom is -0.292 e. The Morgan fingerprint density at radius 1 is 1.32 bits per heavy atom. The highest BCUT2D eigenvalue weighted by Gasteiger charge is 2.16. The van der Waals surface area contributed by atoms with Gasteiger partial charge in [-0.05, 0) is 24.6 Å². The first kappa shape index (κ1) is 12.5. The van der Waals surface area contributed by atoms with E-state index in [0.29, 0.717) is 5.88 Å². The second-order valence-electron chi connectivity index (χ2n) is 4.41. The molecule has 0 saturated heterocycles. The Kier molecular flexibility index (Phi) is 2.99. The first-order valence-corrected chi connectivity index (χ1v) is 6.74. The summed E-state index contributed by atoms with van der Waals surface area (Å²) in [6.07, 6.45) is 3.72. The van der Waals surface area contributed by atoms with Gasteiger partial charge in [0.15, 0.2) is 0 Å². The van der Waals surface area contributed by atoms with Crippen LogP contribution in [0.15, 0.2) is 24.5 Å². The molecule has 2 heterocycles. The molecule has 0 aliphatic carbocycles. The number of halogens is 2. The molecule has 6 heteroatoms. The van der Waals surface area contributed by atoms with E-state index < -0.39 is 0 Å². The Morgan fingerprint density at radius 2 is 2.11 bits per heavy atom. The SMILES string of the molecule is Cc1c(Cl)ccc2nc(CCl)n(-c3cnn(C)c3)c12. The lowest BCUT2D eigenvalue weighted by Crippen LogP contribution is -1.99. The summed E-state index contributed by atoms with van der Waals surface area (Å²) in [5.74, 6) is 1.12. The largest absolute Gasteiger partial charge is 0.292 e. The molecule has 0 fully saturated rings. The van der Waals surface area contributed by atoms with Gasteiger partial charge in [-0.1, -0.05) is 11.6 Å². The minimum absolute atomic E-state index is 0.334. The molecule has 0 amide bonds. The summed E-state index contributed by atoms with van der Waals surface area (Å²) in [7, 11) is 1.88. The van der Waals surface area contributed by atoms with Gasteiger partial charge in [0.2, 0.25) is 0 Å². The van der Waals surface area contributed by atoms with Crippen LogP contribution in [0.5, 0.6) is 0 Å². The van der Waals surface area contributed by atoms with Crippen molar-refractivity contribution < 1.29 is 0 Å². The van der Waals surface area contributed by atoms with Crippen LogP contribution in [0.3, 0.4) is 0 Å². The first-order chi connectivity index (χ1) is 9.11. The minimum atomic E-state index is 0.334. The normalized spacial score (nSPS) is 11.4. The third kappa shape index (κ3) is 1.91. The Balaban J connectivity index is 2.41. The highest BCUT2D eigenvalue weighted by molar-refractivity contribution is 6.32. The summed E-state index contributed by atoms with van der Waals surface area (Å²) in [5.41, 5.74) is 3.80. The molecule has 0 saturated carbocycles. The molecule has 0 atom stereocenters. The van der Waals surface area contributed by atoms with Gasteiger partial charge in [0, 0.05) is 18.3 Å². The Bertz CT molecular complexity index is 757. The molecule has 2 aromatic heterocycles. The van der Waals surface area contributed by atoms with Crippen LogP contribution in [0.1, 0.15) is 11.4 Å². The van der Waals surface area contributed by atoms with Gasteiger partial charge in [0.1, 0.15) is 5.82 Å². The molecule has 19 heavy (non-hydrogen) atoms. The number of alkyl halides is 1. The number of aryl methyl sites for hydroxylation is 2. The van der Waals surface area contributed by atoms with Crippen LogP contribution in [0, 0.1) is 6.92 Å². The van der Waals surface area contributed by atoms with Gasteiger partial charge in [-0.15, -0.1) is 11.6 Å². The van der Waals surface area contributed by atoms with Crippen molar-refractivity contribution in [3.8, 4) is 5.69 Å². The molecule has 0 radical (unpaired) electrons. The number of hydrogen-bond acceptors (Lipinski definition) is 2. The van der Waals surface area contributed by atoms with Crippen LogP contribution in [0.4, 0.5) is 0 Å². The van der Waals surface area contributed by atoms with Crippen molar-refractivity contribution >= 4 is 34.2 Å². The maximum Gasteiger partial charge on any atom is 0.129 e. The van der Waals surface area contributed by atoms with Crippen molar-refractivity contribution in [3.05, 3.63) is 40.9 Å². The van der Waals surface area contributed by atoms with Crippen molar-refractivity contribution in [1.29, 1.82) is 0 Å². The molecule has 3 aromatic rings. The Morgan fingerprint density at radius 3 is 2.74 bits per heavy atom. The Hall–Kier alpha value is -1.52. The molecule has 0 spiro atoms. The van der Waals surface area contributed by atoms with E-state index in [1.54, 1.807) is 10.9 Å². The highest BCUT2D eigenvalue weighted by Crippen LogP contribution is 2.29. The van der Waals surface area contributed by atoms with Gasteiger partial charge >= 0.3 is 0 Å². The quantitative estimate of drug-likeness (QED) is 0.679. The van der Waals surface area contributed by atoms with E-state index in [9.17, 15) is 0 Å². The molecular formula is C13H12Cl2N4. The highest BCUT2D eigenvalue weighted by atomic mass is 35.5. The zero-order valence-corrected chi connectivity index (χ0v) is 12.1. The lowest BCUT2D eigenvalue weighted by molar-refractivity contribution is 0.767. The van der Waals surface area contributed by atoms with Crippen molar-refractivity contribution in [2.45, 2.75) is 12.8 Å². The summed E-state index contributed by atoms with van der Waals surface area (Å²) < 4.78 is 3.76. The fraction of sp³-hybridized carbons (Fsp3) is 0.231. The van der Waals surface area contributed by atoms with E-state index in [2.05, 4.69) is 10.1 Å². The average Bonchev–Trinajstić information content (AvgIpc) is 2.97. The number of aromatic nitrogens is 4. The van der Waals surface area contributed by atoms with Crippen molar-refractivity contribution in [1.82, 2.24) is 19.3 Å². The standard InChI is InChI=1S/C13H12Cl2N4/c1-8-10(15)3-4-11-13(8)19(12(5-14)17-11)9-6-16-18(2)7-9/h3-4,6-7H,5H2,1-2H3. The predicted molar refractivity (Wildman–Crippen MR) is 77.1 cm³/mol. The zero-order chi connectivity index (χ0) is 13.6. The molecule has 4 nitrogen and oxygen atoms in total. The first-order valence-electron chi connectivity index (χ1n) is 5.83. The van der Waals surface area contributed by atoms with Crippen LogP contribution in [-0.4, -0.2) is 19.3 Å². The molecule has 0 bridgehead atoms. The number of nitrogens with zero attached hydrogens (tertiary/aromatic N) is 4. The van der Waals surface area contributed by atoms with E-state index >= 15 is 0 Å². The lowest BCUT2D eigenvalue weighted by Gasteiger charge is -2.07. The topological polar surface area (TPSA) is 35.6 Å². The fourth-order valence-corrected chi connectivity index (χ4v) is 2.58. The third-order valence-electron chi connectivity index (χ3n) is 3.14. The Labute approximate surface area is 120 Å². The van der Waals surface area contributed by atoms with Gasteiger partial charge in [-0.25, -0.2) is 4.98 Å². The van der Waals surface area contributed by atoms with Crippen molar-refractivity contribution in [2.24, 2.45) is 7.05 Å². The van der Waals surface area contributed by atoms with E-state index in [1.165, 1.54) is 0 Å². The number of fused-ring (bicyclic) bond motifs is 1. The summed E-state index contributed by atoms with van der Waals surface area (Å²) in [4.78, 5) is 4.55. The van der Waals surface area contributed by atoms with E-state index in [4.69, 9.17) is 23.2 Å². The predicted octanol–water partition coefficient (Wildman–Crippen LogP) is 3.46. The van der Waals surface area contributed by atoms with Crippen LogP contribution in [0.25, 0.3) is 16.7 Å².